The Balaban J connectivity index is 1.66. The van der Waals surface area contributed by atoms with Crippen molar-refractivity contribution in [1.82, 2.24) is 0 Å². The summed E-state index contributed by atoms with van der Waals surface area (Å²) in [6.45, 7) is 3.49. The summed E-state index contributed by atoms with van der Waals surface area (Å²) in [5, 5.41) is 3.58. The maximum atomic E-state index is 14.4. The van der Waals surface area contributed by atoms with E-state index in [1.165, 1.54) is 13.0 Å². The van der Waals surface area contributed by atoms with E-state index in [0.717, 1.165) is 16.8 Å². The SMILES string of the molecule is CC(=O)[C@@H]1[C@H](C(=O)c2ccc(Cl)cc2Cl)[C@@]2(C(=O)Nc3ccccc32)[C@H]2C=Cc3cc(C)ccc3N12. The molecule has 0 bridgehead atoms. The molecule has 7 heteroatoms. The molecule has 4 atom stereocenters. The summed E-state index contributed by atoms with van der Waals surface area (Å²) in [7, 11) is 0. The fourth-order valence-electron chi connectivity index (χ4n) is 6.31. The number of benzene rings is 3. The number of carbonyl (C=O) groups is 3. The number of fused-ring (bicyclic) bond motifs is 6. The van der Waals surface area contributed by atoms with E-state index < -0.39 is 23.4 Å². The highest BCUT2D eigenvalue weighted by atomic mass is 35.5. The lowest BCUT2D eigenvalue weighted by molar-refractivity contribution is -0.122. The van der Waals surface area contributed by atoms with Gasteiger partial charge in [0.25, 0.3) is 0 Å². The number of nitrogens with one attached hydrogen (secondary N) is 1. The molecule has 3 heterocycles. The van der Waals surface area contributed by atoms with Crippen LogP contribution in [-0.2, 0) is 15.0 Å². The average molecular weight is 517 g/mol. The molecule has 0 aliphatic carbocycles. The first kappa shape index (κ1) is 23.0. The van der Waals surface area contributed by atoms with Crippen LogP contribution in [0, 0.1) is 12.8 Å². The third kappa shape index (κ3) is 2.99. The van der Waals surface area contributed by atoms with E-state index in [4.69, 9.17) is 23.2 Å². The summed E-state index contributed by atoms with van der Waals surface area (Å²) >= 11 is 12.6. The average Bonchev–Trinajstić information content (AvgIpc) is 3.31. The molecule has 5 nitrogen and oxygen atoms in total. The van der Waals surface area contributed by atoms with Gasteiger partial charge in [-0.1, -0.05) is 65.2 Å². The van der Waals surface area contributed by atoms with Gasteiger partial charge in [-0.25, -0.2) is 0 Å². The Morgan fingerprint density at radius 3 is 2.56 bits per heavy atom. The predicted molar refractivity (Wildman–Crippen MR) is 142 cm³/mol. The van der Waals surface area contributed by atoms with E-state index in [0.29, 0.717) is 16.3 Å². The van der Waals surface area contributed by atoms with Crippen molar-refractivity contribution in [3.8, 4) is 0 Å². The normalized spacial score (nSPS) is 25.4. The summed E-state index contributed by atoms with van der Waals surface area (Å²) in [5.41, 5.74) is 3.11. The number of para-hydroxylation sites is 1. The largest absolute Gasteiger partial charge is 0.352 e. The molecule has 1 N–H and O–H groups in total. The molecule has 1 spiro atoms. The number of ketones is 2. The molecular formula is C29H22Cl2N2O3. The molecule has 1 fully saturated rings. The number of halogens is 2. The summed E-state index contributed by atoms with van der Waals surface area (Å²) in [4.78, 5) is 43.8. The molecule has 0 saturated carbocycles. The second-order valence-electron chi connectivity index (χ2n) is 9.66. The van der Waals surface area contributed by atoms with Crippen LogP contribution < -0.4 is 10.2 Å². The van der Waals surface area contributed by atoms with Gasteiger partial charge in [-0.15, -0.1) is 0 Å². The summed E-state index contributed by atoms with van der Waals surface area (Å²) in [5.74, 6) is -1.87. The van der Waals surface area contributed by atoms with Crippen molar-refractivity contribution in [1.29, 1.82) is 0 Å². The third-order valence-corrected chi connectivity index (χ3v) is 8.23. The van der Waals surface area contributed by atoms with Crippen LogP contribution >= 0.6 is 23.2 Å². The molecule has 1 saturated heterocycles. The van der Waals surface area contributed by atoms with Crippen molar-refractivity contribution in [2.45, 2.75) is 31.3 Å². The molecule has 0 unspecified atom stereocenters. The van der Waals surface area contributed by atoms with Crippen LogP contribution in [0.4, 0.5) is 11.4 Å². The van der Waals surface area contributed by atoms with Crippen molar-refractivity contribution in [2.24, 2.45) is 5.92 Å². The number of hydrogen-bond acceptors (Lipinski definition) is 4. The van der Waals surface area contributed by atoms with E-state index in [1.54, 1.807) is 12.1 Å². The lowest BCUT2D eigenvalue weighted by atomic mass is 9.64. The zero-order chi connectivity index (χ0) is 25.4. The molecular weight excluding hydrogens is 495 g/mol. The Kier molecular flexibility index (Phi) is 5.15. The second kappa shape index (κ2) is 8.05. The van der Waals surface area contributed by atoms with Gasteiger partial charge in [-0.2, -0.15) is 0 Å². The van der Waals surface area contributed by atoms with Crippen molar-refractivity contribution in [3.05, 3.63) is 99.0 Å². The van der Waals surface area contributed by atoms with Crippen molar-refractivity contribution < 1.29 is 14.4 Å². The minimum absolute atomic E-state index is 0.188. The van der Waals surface area contributed by atoms with Gasteiger partial charge in [0.1, 0.15) is 5.41 Å². The molecule has 3 aliphatic heterocycles. The number of hydrogen-bond donors (Lipinski definition) is 1. The first-order valence-electron chi connectivity index (χ1n) is 11.7. The van der Waals surface area contributed by atoms with E-state index >= 15 is 0 Å². The van der Waals surface area contributed by atoms with E-state index in [1.807, 2.05) is 66.4 Å². The third-order valence-electron chi connectivity index (χ3n) is 7.68. The maximum absolute atomic E-state index is 14.4. The van der Waals surface area contributed by atoms with Crippen LogP contribution in [0.2, 0.25) is 10.0 Å². The molecule has 3 aromatic rings. The van der Waals surface area contributed by atoms with Gasteiger partial charge in [0.05, 0.1) is 23.0 Å². The molecule has 3 aromatic carbocycles. The first-order chi connectivity index (χ1) is 17.2. The first-order valence-corrected chi connectivity index (χ1v) is 12.5. The lowest BCUT2D eigenvalue weighted by Crippen LogP contribution is -2.51. The Bertz CT molecular complexity index is 1510. The van der Waals surface area contributed by atoms with Gasteiger partial charge in [0.15, 0.2) is 11.6 Å². The number of nitrogens with zero attached hydrogens (tertiary/aromatic N) is 1. The Hall–Kier alpha value is -3.41. The zero-order valence-corrected chi connectivity index (χ0v) is 21.1. The standard InChI is InChI=1S/C29H22Cl2N2O3/c1-15-7-11-23-17(13-15)8-12-24-29(20-5-3-4-6-22(20)32-28(29)36)25(26(16(2)34)33(23)24)27(35)19-10-9-18(30)14-21(19)31/h3-14,24-26H,1-2H3,(H,32,36)/t24-,25-,26-,29+/m1/s1. The lowest BCUT2D eigenvalue weighted by Gasteiger charge is -2.37. The number of aryl methyl sites for hydroxylation is 1. The van der Waals surface area contributed by atoms with Gasteiger partial charge >= 0.3 is 0 Å². The highest BCUT2D eigenvalue weighted by Crippen LogP contribution is 2.58. The number of Topliss-reactive ketones (excluding diaryl/α,β-unsaturated/α-hetero) is 2. The Morgan fingerprint density at radius 2 is 1.81 bits per heavy atom. The molecule has 3 aliphatic rings. The van der Waals surface area contributed by atoms with Crippen LogP contribution in [0.3, 0.4) is 0 Å². The number of carbonyl (C=O) groups excluding carboxylic acids is 3. The number of rotatable bonds is 3. The van der Waals surface area contributed by atoms with Crippen LogP contribution in [0.25, 0.3) is 6.08 Å². The summed E-state index contributed by atoms with van der Waals surface area (Å²) in [6.07, 6.45) is 3.94. The van der Waals surface area contributed by atoms with Gasteiger partial charge < -0.3 is 10.2 Å². The van der Waals surface area contributed by atoms with E-state index in [9.17, 15) is 14.4 Å². The van der Waals surface area contributed by atoms with Crippen molar-refractivity contribution in [2.75, 3.05) is 10.2 Å². The minimum Gasteiger partial charge on any atom is -0.352 e. The Labute approximate surface area is 218 Å². The van der Waals surface area contributed by atoms with Gasteiger partial charge in [-0.3, -0.25) is 14.4 Å². The zero-order valence-electron chi connectivity index (χ0n) is 19.6. The van der Waals surface area contributed by atoms with Crippen LogP contribution in [-0.4, -0.2) is 29.6 Å². The number of amides is 1. The fraction of sp³-hybridized carbons (Fsp3) is 0.207. The smallest absolute Gasteiger partial charge is 0.238 e. The van der Waals surface area contributed by atoms with E-state index in [-0.39, 0.29) is 28.1 Å². The van der Waals surface area contributed by atoms with Crippen LogP contribution in [0.5, 0.6) is 0 Å². The monoisotopic (exact) mass is 516 g/mol. The Morgan fingerprint density at radius 1 is 1.03 bits per heavy atom. The molecule has 180 valence electrons. The van der Waals surface area contributed by atoms with E-state index in [2.05, 4.69) is 5.32 Å². The van der Waals surface area contributed by atoms with Gasteiger partial charge in [0, 0.05) is 22.0 Å². The molecule has 1 amide bonds. The molecule has 0 aromatic heterocycles. The number of anilines is 2. The second-order valence-corrected chi connectivity index (χ2v) is 10.5. The minimum atomic E-state index is -1.33. The summed E-state index contributed by atoms with van der Waals surface area (Å²) < 4.78 is 0. The fourth-order valence-corrected chi connectivity index (χ4v) is 6.81. The van der Waals surface area contributed by atoms with Gasteiger partial charge in [0.2, 0.25) is 5.91 Å². The molecule has 36 heavy (non-hydrogen) atoms. The van der Waals surface area contributed by atoms with Crippen LogP contribution in [0.1, 0.15) is 34.0 Å². The van der Waals surface area contributed by atoms with Crippen molar-refractivity contribution in [3.63, 3.8) is 0 Å². The topological polar surface area (TPSA) is 66.5 Å². The molecule has 6 rings (SSSR count). The highest BCUT2D eigenvalue weighted by Gasteiger charge is 2.69. The predicted octanol–water partition coefficient (Wildman–Crippen LogP) is 5.86. The van der Waals surface area contributed by atoms with Crippen LogP contribution in [0.15, 0.2) is 66.7 Å². The molecule has 0 radical (unpaired) electrons. The highest BCUT2D eigenvalue weighted by molar-refractivity contribution is 6.37. The van der Waals surface area contributed by atoms with Crippen molar-refractivity contribution >= 4 is 58.1 Å². The maximum Gasteiger partial charge on any atom is 0.238 e. The van der Waals surface area contributed by atoms with Gasteiger partial charge in [-0.05, 0) is 61.4 Å². The quantitative estimate of drug-likeness (QED) is 0.442. The summed E-state index contributed by atoms with van der Waals surface area (Å²) in [6, 6.07) is 16.6.